The molecule has 0 saturated heterocycles. The van der Waals surface area contributed by atoms with Crippen molar-refractivity contribution in [1.82, 2.24) is 5.32 Å². The summed E-state index contributed by atoms with van der Waals surface area (Å²) in [6, 6.07) is 0. The fourth-order valence-corrected chi connectivity index (χ4v) is 1.75. The molecule has 2 amide bonds. The van der Waals surface area contributed by atoms with E-state index in [9.17, 15) is 9.59 Å². The van der Waals surface area contributed by atoms with Gasteiger partial charge < -0.3 is 20.5 Å². The number of primary amides is 1. The first-order chi connectivity index (χ1) is 7.93. The van der Waals surface area contributed by atoms with Crippen LogP contribution in [0.15, 0.2) is 0 Å². The van der Waals surface area contributed by atoms with E-state index in [0.717, 1.165) is 12.8 Å². The van der Waals surface area contributed by atoms with Gasteiger partial charge in [0.05, 0.1) is 14.2 Å². The van der Waals surface area contributed by atoms with Gasteiger partial charge in [-0.25, -0.2) is 9.59 Å². The molecule has 0 unspecified atom stereocenters. The van der Waals surface area contributed by atoms with E-state index in [4.69, 9.17) is 0 Å². The summed E-state index contributed by atoms with van der Waals surface area (Å²) in [6.07, 6.45) is 4.80. The van der Waals surface area contributed by atoms with Crippen molar-refractivity contribution in [3.05, 3.63) is 0 Å². The van der Waals surface area contributed by atoms with Gasteiger partial charge in [0.25, 0.3) is 0 Å². The van der Waals surface area contributed by atoms with E-state index in [1.807, 2.05) is 0 Å². The summed E-state index contributed by atoms with van der Waals surface area (Å²) in [4.78, 5) is 20.3. The molecule has 0 bridgehead atoms. The van der Waals surface area contributed by atoms with Crippen LogP contribution in [0.4, 0.5) is 9.59 Å². The molecule has 1 saturated carbocycles. The second-order valence-electron chi connectivity index (χ2n) is 4.26. The van der Waals surface area contributed by atoms with Crippen LogP contribution >= 0.6 is 0 Å². The lowest BCUT2D eigenvalue weighted by atomic mass is 9.83. The van der Waals surface area contributed by atoms with Crippen molar-refractivity contribution in [2.24, 2.45) is 5.73 Å². The van der Waals surface area contributed by atoms with E-state index in [1.165, 1.54) is 33.5 Å². The summed E-state index contributed by atoms with van der Waals surface area (Å²) >= 11 is 0. The van der Waals surface area contributed by atoms with Crippen LogP contribution in [0.2, 0.25) is 0 Å². The summed E-state index contributed by atoms with van der Waals surface area (Å²) in [5, 5.41) is 2.88. The van der Waals surface area contributed by atoms with Crippen LogP contribution < -0.4 is 11.1 Å². The Labute approximate surface area is 102 Å². The van der Waals surface area contributed by atoms with E-state index in [0.29, 0.717) is 0 Å². The average Bonchev–Trinajstić information content (AvgIpc) is 2.30. The fourth-order valence-electron chi connectivity index (χ4n) is 1.75. The number of nitrogens with one attached hydrogen (secondary N) is 1. The standard InChI is InChI=1S/C9H17NO2.C2H5NO2/c1-9(10-8(11)12-2)6-4-3-5-7-9;1-5-2(3)4/h3-7H2,1-2H3,(H,10,11);1H3,(H2,3,4). The first-order valence-electron chi connectivity index (χ1n) is 5.63. The van der Waals surface area contributed by atoms with Gasteiger partial charge in [-0.1, -0.05) is 19.3 Å². The molecule has 0 aromatic heterocycles. The second kappa shape index (κ2) is 7.76. The quantitative estimate of drug-likeness (QED) is 0.737. The molecule has 0 aromatic rings. The van der Waals surface area contributed by atoms with Gasteiger partial charge in [0, 0.05) is 5.54 Å². The summed E-state index contributed by atoms with van der Waals surface area (Å²) < 4.78 is 8.46. The van der Waals surface area contributed by atoms with Gasteiger partial charge in [-0.05, 0) is 19.8 Å². The lowest BCUT2D eigenvalue weighted by molar-refractivity contribution is 0.148. The molecule has 6 nitrogen and oxygen atoms in total. The van der Waals surface area contributed by atoms with Gasteiger partial charge in [-0.15, -0.1) is 0 Å². The van der Waals surface area contributed by atoms with Crippen molar-refractivity contribution in [1.29, 1.82) is 0 Å². The van der Waals surface area contributed by atoms with Crippen LogP contribution in [-0.4, -0.2) is 31.9 Å². The number of amides is 2. The molecule has 0 aromatic carbocycles. The fraction of sp³-hybridized carbons (Fsp3) is 0.818. The molecular weight excluding hydrogens is 224 g/mol. The maximum atomic E-state index is 11.0. The Morgan fingerprint density at radius 2 is 1.59 bits per heavy atom. The summed E-state index contributed by atoms with van der Waals surface area (Å²) in [5.41, 5.74) is 4.41. The maximum absolute atomic E-state index is 11.0. The van der Waals surface area contributed by atoms with Crippen LogP contribution in [0, 0.1) is 0 Å². The number of carbonyl (C=O) groups excluding carboxylic acids is 2. The number of hydrogen-bond donors (Lipinski definition) is 2. The highest BCUT2D eigenvalue weighted by Crippen LogP contribution is 2.27. The minimum absolute atomic E-state index is 0.0225. The molecule has 0 spiro atoms. The predicted molar refractivity (Wildman–Crippen MR) is 63.6 cm³/mol. The molecule has 1 rings (SSSR count). The topological polar surface area (TPSA) is 90.7 Å². The van der Waals surface area contributed by atoms with Gasteiger partial charge in [0.2, 0.25) is 0 Å². The number of rotatable bonds is 1. The minimum Gasteiger partial charge on any atom is -0.453 e. The number of hydrogen-bond acceptors (Lipinski definition) is 4. The van der Waals surface area contributed by atoms with Crippen molar-refractivity contribution in [3.63, 3.8) is 0 Å². The summed E-state index contributed by atoms with van der Waals surface area (Å²) in [5.74, 6) is 0. The Morgan fingerprint density at radius 1 is 1.12 bits per heavy atom. The largest absolute Gasteiger partial charge is 0.453 e. The van der Waals surface area contributed by atoms with Crippen molar-refractivity contribution in [2.45, 2.75) is 44.6 Å². The highest BCUT2D eigenvalue weighted by molar-refractivity contribution is 5.68. The molecule has 1 aliphatic rings. The number of methoxy groups -OCH3 is 2. The zero-order valence-electron chi connectivity index (χ0n) is 10.7. The highest BCUT2D eigenvalue weighted by atomic mass is 16.5. The Balaban J connectivity index is 0.000000437. The normalized spacial score (nSPS) is 17.1. The summed E-state index contributed by atoms with van der Waals surface area (Å²) in [6.45, 7) is 2.09. The molecule has 1 fully saturated rings. The third-order valence-electron chi connectivity index (χ3n) is 2.75. The Bertz CT molecular complexity index is 250. The van der Waals surface area contributed by atoms with E-state index in [2.05, 4.69) is 27.4 Å². The minimum atomic E-state index is -0.745. The number of ether oxygens (including phenoxy) is 2. The van der Waals surface area contributed by atoms with Crippen LogP contribution in [0.1, 0.15) is 39.0 Å². The number of carbonyl (C=O) groups is 2. The van der Waals surface area contributed by atoms with Gasteiger partial charge >= 0.3 is 12.2 Å². The van der Waals surface area contributed by atoms with Crippen LogP contribution in [0.5, 0.6) is 0 Å². The zero-order valence-corrected chi connectivity index (χ0v) is 10.7. The third kappa shape index (κ3) is 7.43. The van der Waals surface area contributed by atoms with E-state index in [-0.39, 0.29) is 11.6 Å². The van der Waals surface area contributed by atoms with Gasteiger partial charge in [0.1, 0.15) is 0 Å². The van der Waals surface area contributed by atoms with Crippen LogP contribution in [0.3, 0.4) is 0 Å². The molecule has 0 radical (unpaired) electrons. The van der Waals surface area contributed by atoms with Crippen LogP contribution in [-0.2, 0) is 9.47 Å². The molecule has 3 N–H and O–H groups in total. The summed E-state index contributed by atoms with van der Waals surface area (Å²) in [7, 11) is 2.63. The predicted octanol–water partition coefficient (Wildman–Crippen LogP) is 1.78. The van der Waals surface area contributed by atoms with E-state index in [1.54, 1.807) is 0 Å². The Kier molecular flexibility index (Phi) is 7.09. The maximum Gasteiger partial charge on any atom is 0.407 e. The van der Waals surface area contributed by atoms with Gasteiger partial charge in [0.15, 0.2) is 0 Å². The zero-order chi connectivity index (χ0) is 13.3. The first-order valence-corrected chi connectivity index (χ1v) is 5.63. The molecule has 6 heteroatoms. The lowest BCUT2D eigenvalue weighted by Crippen LogP contribution is -2.47. The van der Waals surface area contributed by atoms with Crippen LogP contribution in [0.25, 0.3) is 0 Å². The molecule has 1 aliphatic carbocycles. The average molecular weight is 246 g/mol. The van der Waals surface area contributed by atoms with E-state index >= 15 is 0 Å². The highest BCUT2D eigenvalue weighted by Gasteiger charge is 2.28. The SMILES string of the molecule is COC(=O)NC1(C)CCCCC1.COC(N)=O. The first kappa shape index (κ1) is 15.5. The molecule has 17 heavy (non-hydrogen) atoms. The monoisotopic (exact) mass is 246 g/mol. The number of alkyl carbamates (subject to hydrolysis) is 1. The van der Waals surface area contributed by atoms with Crippen molar-refractivity contribution >= 4 is 12.2 Å². The lowest BCUT2D eigenvalue weighted by Gasteiger charge is -2.33. The molecule has 0 heterocycles. The van der Waals surface area contributed by atoms with Crippen molar-refractivity contribution in [2.75, 3.05) is 14.2 Å². The third-order valence-corrected chi connectivity index (χ3v) is 2.75. The second-order valence-corrected chi connectivity index (χ2v) is 4.26. The Hall–Kier alpha value is -1.46. The molecule has 0 atom stereocenters. The van der Waals surface area contributed by atoms with Crippen molar-refractivity contribution < 1.29 is 19.1 Å². The van der Waals surface area contributed by atoms with Gasteiger partial charge in [-0.2, -0.15) is 0 Å². The van der Waals surface area contributed by atoms with Crippen molar-refractivity contribution in [3.8, 4) is 0 Å². The molecular formula is C11H22N2O4. The number of nitrogens with two attached hydrogens (primary N) is 1. The van der Waals surface area contributed by atoms with Gasteiger partial charge in [-0.3, -0.25) is 0 Å². The van der Waals surface area contributed by atoms with E-state index < -0.39 is 6.09 Å². The smallest absolute Gasteiger partial charge is 0.407 e. The molecule has 0 aliphatic heterocycles. The molecule has 100 valence electrons. The Morgan fingerprint density at radius 3 is 1.94 bits per heavy atom.